The van der Waals surface area contributed by atoms with E-state index in [4.69, 9.17) is 4.74 Å². The largest absolute Gasteiger partial charge is 0.465 e. The van der Waals surface area contributed by atoms with Crippen LogP contribution in [0.25, 0.3) is 0 Å². The number of ether oxygens (including phenoxy) is 1. The third-order valence-electron chi connectivity index (χ3n) is 1.59. The third-order valence-corrected chi connectivity index (χ3v) is 2.49. The van der Waals surface area contributed by atoms with E-state index >= 15 is 0 Å². The molecule has 0 spiro atoms. The Kier molecular flexibility index (Phi) is 6.16. The van der Waals surface area contributed by atoms with Crippen molar-refractivity contribution in [1.82, 2.24) is 6.15 Å². The number of alkyl halides is 1. The second-order valence-corrected chi connectivity index (χ2v) is 3.44. The zero-order valence-corrected chi connectivity index (χ0v) is 9.66. The quantitative estimate of drug-likeness (QED) is 0.671. The summed E-state index contributed by atoms with van der Waals surface area (Å²) in [7, 11) is 0. The van der Waals surface area contributed by atoms with E-state index in [0.717, 1.165) is 5.56 Å². The summed E-state index contributed by atoms with van der Waals surface area (Å²) in [6.07, 6.45) is 0. The van der Waals surface area contributed by atoms with Crippen LogP contribution in [0.1, 0.15) is 17.3 Å². The van der Waals surface area contributed by atoms with Crippen molar-refractivity contribution in [3.05, 3.63) is 35.9 Å². The molecule has 0 saturated carbocycles. The summed E-state index contributed by atoms with van der Waals surface area (Å²) >= 11 is 3.28. The molecule has 0 aromatic heterocycles. The highest BCUT2D eigenvalue weighted by atomic mass is 79.9. The summed E-state index contributed by atoms with van der Waals surface area (Å²) in [6.45, 7) is 2.20. The van der Waals surface area contributed by atoms with Gasteiger partial charge in [0.2, 0.25) is 0 Å². The van der Waals surface area contributed by atoms with Crippen LogP contribution >= 0.6 is 15.9 Å². The fraction of sp³-hybridized carbons (Fsp3) is 0.300. The van der Waals surface area contributed by atoms with E-state index in [-0.39, 0.29) is 16.9 Å². The second kappa shape index (κ2) is 6.56. The molecule has 3 N–H and O–H groups in total. The monoisotopic (exact) mass is 259 g/mol. The molecule has 1 aromatic carbocycles. The first-order chi connectivity index (χ1) is 6.25. The minimum atomic E-state index is -0.353. The second-order valence-electron chi connectivity index (χ2n) is 2.53. The fourth-order valence-electron chi connectivity index (χ4n) is 0.974. The molecule has 4 heteroatoms. The first-order valence-electron chi connectivity index (χ1n) is 4.11. The Morgan fingerprint density at radius 1 is 1.43 bits per heavy atom. The van der Waals surface area contributed by atoms with Crippen molar-refractivity contribution in [2.24, 2.45) is 0 Å². The van der Waals surface area contributed by atoms with Crippen LogP contribution in [0.4, 0.5) is 0 Å². The lowest BCUT2D eigenvalue weighted by atomic mass is 10.1. The Labute approximate surface area is 92.2 Å². The van der Waals surface area contributed by atoms with Gasteiger partial charge in [0.25, 0.3) is 0 Å². The number of hydrogen-bond donors (Lipinski definition) is 1. The summed E-state index contributed by atoms with van der Waals surface area (Å²) in [6, 6.07) is 9.46. The van der Waals surface area contributed by atoms with Gasteiger partial charge in [0.15, 0.2) is 0 Å². The summed E-state index contributed by atoms with van der Waals surface area (Å²) in [5, 5.41) is 0. The zero-order valence-electron chi connectivity index (χ0n) is 8.07. The molecule has 1 aromatic rings. The summed E-state index contributed by atoms with van der Waals surface area (Å²) in [5.41, 5.74) is 0.918. The highest BCUT2D eigenvalue weighted by molar-refractivity contribution is 9.09. The molecule has 0 heterocycles. The van der Waals surface area contributed by atoms with Gasteiger partial charge in [0.05, 0.1) is 6.61 Å². The van der Waals surface area contributed by atoms with Crippen molar-refractivity contribution in [3.8, 4) is 0 Å². The Balaban J connectivity index is 0.00000169. The van der Waals surface area contributed by atoms with E-state index in [2.05, 4.69) is 15.9 Å². The first-order valence-corrected chi connectivity index (χ1v) is 5.03. The molecular weight excluding hydrogens is 246 g/mol. The minimum absolute atomic E-state index is 0. The summed E-state index contributed by atoms with van der Waals surface area (Å²) < 4.78 is 4.87. The molecular formula is C10H14BrNO2. The van der Waals surface area contributed by atoms with E-state index in [9.17, 15) is 4.79 Å². The van der Waals surface area contributed by atoms with E-state index < -0.39 is 0 Å². The van der Waals surface area contributed by atoms with Gasteiger partial charge in [0, 0.05) is 0 Å². The van der Waals surface area contributed by atoms with Crippen molar-refractivity contribution in [2.45, 2.75) is 11.8 Å². The van der Waals surface area contributed by atoms with Crippen LogP contribution in [0.15, 0.2) is 30.3 Å². The van der Waals surface area contributed by atoms with Gasteiger partial charge >= 0.3 is 5.97 Å². The minimum Gasteiger partial charge on any atom is -0.465 e. The molecule has 0 fully saturated rings. The van der Waals surface area contributed by atoms with Crippen LogP contribution in [0, 0.1) is 0 Å². The number of carbonyl (C=O) groups excluding carboxylic acids is 1. The lowest BCUT2D eigenvalue weighted by Crippen LogP contribution is -2.10. The van der Waals surface area contributed by atoms with Crippen LogP contribution in [0.3, 0.4) is 0 Å². The van der Waals surface area contributed by atoms with Crippen molar-refractivity contribution in [3.63, 3.8) is 0 Å². The molecule has 0 bridgehead atoms. The Morgan fingerprint density at radius 2 is 2.00 bits per heavy atom. The van der Waals surface area contributed by atoms with Crippen LogP contribution in [-0.4, -0.2) is 12.6 Å². The number of benzene rings is 1. The smallest absolute Gasteiger partial charge is 0.324 e. The maximum Gasteiger partial charge on any atom is 0.324 e. The number of rotatable bonds is 3. The van der Waals surface area contributed by atoms with Crippen molar-refractivity contribution in [2.75, 3.05) is 6.61 Å². The van der Waals surface area contributed by atoms with Crippen molar-refractivity contribution < 1.29 is 9.53 Å². The predicted molar refractivity (Wildman–Crippen MR) is 59.8 cm³/mol. The van der Waals surface area contributed by atoms with E-state index in [1.165, 1.54) is 0 Å². The van der Waals surface area contributed by atoms with Crippen LogP contribution in [0.2, 0.25) is 0 Å². The number of carbonyl (C=O) groups is 1. The Morgan fingerprint density at radius 3 is 2.50 bits per heavy atom. The van der Waals surface area contributed by atoms with E-state index in [1.807, 2.05) is 30.3 Å². The topological polar surface area (TPSA) is 61.3 Å². The van der Waals surface area contributed by atoms with Gasteiger partial charge in [-0.05, 0) is 12.5 Å². The van der Waals surface area contributed by atoms with Crippen molar-refractivity contribution in [1.29, 1.82) is 0 Å². The standard InChI is InChI=1S/C10H11BrO2.H3N/c1-2-13-10(12)9(11)8-6-4-3-5-7-8;/h3-7,9H,2H2,1H3;1H3. The molecule has 78 valence electrons. The van der Waals surface area contributed by atoms with Crippen LogP contribution in [0.5, 0.6) is 0 Å². The molecule has 0 aliphatic rings. The predicted octanol–water partition coefficient (Wildman–Crippen LogP) is 2.85. The average molecular weight is 260 g/mol. The maximum atomic E-state index is 11.3. The van der Waals surface area contributed by atoms with Gasteiger partial charge in [-0.15, -0.1) is 0 Å². The van der Waals surface area contributed by atoms with Gasteiger partial charge in [0.1, 0.15) is 4.83 Å². The van der Waals surface area contributed by atoms with Gasteiger partial charge in [-0.2, -0.15) is 0 Å². The molecule has 1 atom stereocenters. The average Bonchev–Trinajstić information content (AvgIpc) is 2.18. The number of halogens is 1. The van der Waals surface area contributed by atoms with Gasteiger partial charge in [-0.1, -0.05) is 46.3 Å². The number of esters is 1. The lowest BCUT2D eigenvalue weighted by molar-refractivity contribution is -0.142. The number of hydrogen-bond acceptors (Lipinski definition) is 3. The van der Waals surface area contributed by atoms with Crippen LogP contribution < -0.4 is 6.15 Å². The van der Waals surface area contributed by atoms with Crippen molar-refractivity contribution >= 4 is 21.9 Å². The highest BCUT2D eigenvalue weighted by Crippen LogP contribution is 2.23. The van der Waals surface area contributed by atoms with Gasteiger partial charge in [-0.25, -0.2) is 0 Å². The molecule has 14 heavy (non-hydrogen) atoms. The molecule has 0 aliphatic heterocycles. The summed E-state index contributed by atoms with van der Waals surface area (Å²) in [4.78, 5) is 10.9. The third kappa shape index (κ3) is 3.47. The molecule has 0 saturated heterocycles. The molecule has 0 aliphatic carbocycles. The SMILES string of the molecule is CCOC(=O)C(Br)c1ccccc1.N. The normalized spacial score (nSPS) is 11.3. The van der Waals surface area contributed by atoms with Crippen LogP contribution in [-0.2, 0) is 9.53 Å². The maximum absolute atomic E-state index is 11.3. The Hall–Kier alpha value is -0.870. The molecule has 0 amide bonds. The summed E-state index contributed by atoms with van der Waals surface area (Å²) in [5.74, 6) is -0.242. The zero-order chi connectivity index (χ0) is 9.68. The molecule has 3 nitrogen and oxygen atoms in total. The lowest BCUT2D eigenvalue weighted by Gasteiger charge is -2.08. The van der Waals surface area contributed by atoms with Gasteiger partial charge < -0.3 is 10.9 Å². The Bertz CT molecular complexity index is 277. The highest BCUT2D eigenvalue weighted by Gasteiger charge is 2.17. The molecule has 0 radical (unpaired) electrons. The first kappa shape index (κ1) is 13.1. The fourth-order valence-corrected chi connectivity index (χ4v) is 1.41. The van der Waals surface area contributed by atoms with Gasteiger partial charge in [-0.3, -0.25) is 4.79 Å². The molecule has 1 unspecified atom stereocenters. The van der Waals surface area contributed by atoms with E-state index in [1.54, 1.807) is 6.92 Å². The molecule has 1 rings (SSSR count). The van der Waals surface area contributed by atoms with E-state index in [0.29, 0.717) is 6.61 Å².